The monoisotopic (exact) mass is 474 g/mol. The fraction of sp³-hybridized carbons (Fsp3) is 0.632. The van der Waals surface area contributed by atoms with Crippen LogP contribution in [0.1, 0.15) is 46.5 Å². The average molecular weight is 475 g/mol. The van der Waals surface area contributed by atoms with E-state index in [0.717, 1.165) is 0 Å². The van der Waals surface area contributed by atoms with Crippen molar-refractivity contribution in [3.05, 3.63) is 24.3 Å². The van der Waals surface area contributed by atoms with Crippen LogP contribution in [0.2, 0.25) is 0 Å². The summed E-state index contributed by atoms with van der Waals surface area (Å²) in [5.74, 6) is -2.39. The molecule has 0 spiro atoms. The van der Waals surface area contributed by atoms with Gasteiger partial charge < -0.3 is 14.2 Å². The van der Waals surface area contributed by atoms with Crippen LogP contribution in [-0.4, -0.2) is 108 Å². The van der Waals surface area contributed by atoms with Crippen molar-refractivity contribution in [3.63, 3.8) is 0 Å². The van der Waals surface area contributed by atoms with Crippen LogP contribution in [0, 0.1) is 5.41 Å². The summed E-state index contributed by atoms with van der Waals surface area (Å²) in [5, 5.41) is 0. The maximum absolute atomic E-state index is 12.5. The van der Waals surface area contributed by atoms with Crippen molar-refractivity contribution in [1.82, 2.24) is 0 Å². The fourth-order valence-corrected chi connectivity index (χ4v) is 2.50. The number of unbranched alkanes of at least 4 members (excludes halogenated alkanes) is 3. The van der Waals surface area contributed by atoms with Crippen molar-refractivity contribution in [2.24, 2.45) is 5.41 Å². The zero-order chi connectivity index (χ0) is 22.7. The van der Waals surface area contributed by atoms with E-state index in [4.69, 9.17) is 18.8 Å². The number of carbonyl (C=O) groups is 3. The van der Waals surface area contributed by atoms with Crippen LogP contribution in [0.4, 0.5) is 0 Å². The molecule has 0 aliphatic heterocycles. The van der Waals surface area contributed by atoms with Crippen molar-refractivity contribution >= 4 is 79.4 Å². The Labute approximate surface area is 220 Å². The zero-order valence-corrected chi connectivity index (χ0v) is 18.0. The third-order valence-electron chi connectivity index (χ3n) is 3.76. The molecule has 1 N–H and O–H groups in total. The van der Waals surface area contributed by atoms with Gasteiger partial charge in [0.2, 0.25) is 0 Å². The van der Waals surface area contributed by atoms with E-state index in [1.54, 1.807) is 0 Å². The molecule has 0 aromatic heterocycles. The molecule has 0 unspecified atom stereocenters. The van der Waals surface area contributed by atoms with Crippen LogP contribution in [0.3, 0.4) is 0 Å². The second-order valence-electron chi connectivity index (χ2n) is 7.11. The summed E-state index contributed by atoms with van der Waals surface area (Å²) < 4.78 is 45.2. The van der Waals surface area contributed by atoms with Gasteiger partial charge in [0.05, 0.1) is 12.4 Å². The van der Waals surface area contributed by atoms with E-state index in [-0.39, 0.29) is 88.1 Å². The molecule has 0 heterocycles. The van der Waals surface area contributed by atoms with Gasteiger partial charge in [-0.05, 0) is 33.6 Å². The number of esters is 3. The van der Waals surface area contributed by atoms with Crippen molar-refractivity contribution < 1.29 is 41.6 Å². The Bertz CT molecular complexity index is 698. The molecule has 0 saturated heterocycles. The SMILES string of the molecule is C=C(C)C(=O)OCC(C)(COC(=O)C(=C)C)C(=O)OCCCCCCS(=O)(=O)O.[KH]. The molecule has 168 valence electrons. The molecule has 30 heavy (non-hydrogen) atoms. The van der Waals surface area contributed by atoms with Gasteiger partial charge in [0.25, 0.3) is 10.1 Å². The molecule has 0 radical (unpaired) electrons. The molecule has 0 atom stereocenters. The molecular formula is C19H31KO9S. The number of hydrogen-bond donors (Lipinski definition) is 1. The Balaban J connectivity index is 0. The van der Waals surface area contributed by atoms with Crippen LogP contribution in [0.15, 0.2) is 24.3 Å². The van der Waals surface area contributed by atoms with E-state index in [9.17, 15) is 22.8 Å². The molecule has 11 heteroatoms. The second-order valence-corrected chi connectivity index (χ2v) is 8.68. The van der Waals surface area contributed by atoms with Crippen LogP contribution < -0.4 is 0 Å². The third-order valence-corrected chi connectivity index (χ3v) is 4.57. The second kappa shape index (κ2) is 15.3. The number of carbonyl (C=O) groups excluding carboxylic acids is 3. The first-order valence-electron chi connectivity index (χ1n) is 9.06. The van der Waals surface area contributed by atoms with Gasteiger partial charge in [-0.2, -0.15) is 8.42 Å². The summed E-state index contributed by atoms with van der Waals surface area (Å²) in [7, 11) is -3.97. The first kappa shape index (κ1) is 31.6. The Kier molecular flexibility index (Phi) is 16.1. The summed E-state index contributed by atoms with van der Waals surface area (Å²) in [6.45, 7) is 10.6. The third kappa shape index (κ3) is 14.4. The van der Waals surface area contributed by atoms with Crippen molar-refractivity contribution in [2.45, 2.75) is 46.5 Å². The van der Waals surface area contributed by atoms with E-state index in [1.807, 2.05) is 0 Å². The Morgan fingerprint density at radius 3 is 1.70 bits per heavy atom. The summed E-state index contributed by atoms with van der Waals surface area (Å²) >= 11 is 0. The molecule has 0 bridgehead atoms. The minimum atomic E-state index is -3.97. The standard InChI is InChI=1S/C19H30O9S.K.H/c1-14(2)16(20)27-12-19(5,13-28-17(21)15(3)4)18(22)26-10-8-6-7-9-11-29(23,24)25;;/h1,3,6-13H2,2,4-5H3,(H,23,24,25);;. The molecule has 0 aromatic carbocycles. The maximum atomic E-state index is 12.5. The topological polar surface area (TPSA) is 133 Å². The molecule has 0 fully saturated rings. The van der Waals surface area contributed by atoms with Gasteiger partial charge in [0.1, 0.15) is 18.6 Å². The molecule has 0 aliphatic rings. The zero-order valence-electron chi connectivity index (χ0n) is 17.2. The summed E-state index contributed by atoms with van der Waals surface area (Å²) in [5.41, 5.74) is -1.10. The summed E-state index contributed by atoms with van der Waals surface area (Å²) in [6.07, 6.45) is 1.92. The number of ether oxygens (including phenoxy) is 3. The summed E-state index contributed by atoms with van der Waals surface area (Å²) in [6, 6.07) is 0. The van der Waals surface area contributed by atoms with E-state index >= 15 is 0 Å². The Morgan fingerprint density at radius 1 is 0.867 bits per heavy atom. The van der Waals surface area contributed by atoms with Gasteiger partial charge in [-0.1, -0.05) is 26.0 Å². The molecular weight excluding hydrogens is 443 g/mol. The van der Waals surface area contributed by atoms with E-state index in [0.29, 0.717) is 25.7 Å². The number of hydrogen-bond acceptors (Lipinski definition) is 8. The van der Waals surface area contributed by atoms with Gasteiger partial charge in [-0.3, -0.25) is 9.35 Å². The Morgan fingerprint density at radius 2 is 1.30 bits per heavy atom. The van der Waals surface area contributed by atoms with E-state index in [2.05, 4.69) is 13.2 Å². The Hall–Kier alpha value is -0.564. The van der Waals surface area contributed by atoms with Crippen LogP contribution in [0.25, 0.3) is 0 Å². The van der Waals surface area contributed by atoms with Gasteiger partial charge in [0.15, 0.2) is 0 Å². The molecule has 0 rings (SSSR count). The molecule has 0 aromatic rings. The van der Waals surface area contributed by atoms with E-state index in [1.165, 1.54) is 20.8 Å². The number of rotatable bonds is 14. The quantitative estimate of drug-likeness (QED) is 0.0994. The van der Waals surface area contributed by atoms with Crippen LogP contribution in [-0.2, 0) is 38.7 Å². The van der Waals surface area contributed by atoms with Crippen molar-refractivity contribution in [2.75, 3.05) is 25.6 Å². The van der Waals surface area contributed by atoms with E-state index < -0.39 is 33.4 Å². The fourth-order valence-electron chi connectivity index (χ4n) is 1.93. The minimum absolute atomic E-state index is 0. The summed E-state index contributed by atoms with van der Waals surface area (Å²) in [4.78, 5) is 35.8. The predicted octanol–water partition coefficient (Wildman–Crippen LogP) is 1.57. The van der Waals surface area contributed by atoms with Crippen molar-refractivity contribution in [3.8, 4) is 0 Å². The van der Waals surface area contributed by atoms with Crippen molar-refractivity contribution in [1.29, 1.82) is 0 Å². The van der Waals surface area contributed by atoms with Gasteiger partial charge in [0, 0.05) is 11.1 Å². The first-order valence-corrected chi connectivity index (χ1v) is 10.7. The molecule has 0 aliphatic carbocycles. The molecule has 0 amide bonds. The predicted molar refractivity (Wildman–Crippen MR) is 113 cm³/mol. The first-order chi connectivity index (χ1) is 13.3. The van der Waals surface area contributed by atoms with Crippen LogP contribution in [0.5, 0.6) is 0 Å². The van der Waals surface area contributed by atoms with Crippen LogP contribution >= 0.6 is 0 Å². The average Bonchev–Trinajstić information content (AvgIpc) is 2.61. The molecule has 0 saturated carbocycles. The van der Waals surface area contributed by atoms with Gasteiger partial charge in [-0.15, -0.1) is 0 Å². The normalized spacial score (nSPS) is 11.1. The van der Waals surface area contributed by atoms with Gasteiger partial charge >= 0.3 is 69.3 Å². The van der Waals surface area contributed by atoms with Gasteiger partial charge in [-0.25, -0.2) is 9.59 Å². The molecule has 9 nitrogen and oxygen atoms in total.